The molecule has 0 aliphatic carbocycles. The van der Waals surface area contributed by atoms with Crippen molar-refractivity contribution in [3.05, 3.63) is 41.8 Å². The fraction of sp³-hybridized carbons (Fsp3) is 0.462. The number of ether oxygens (including phenoxy) is 1. The number of hydrogen-bond acceptors (Lipinski definition) is 5. The van der Waals surface area contributed by atoms with Gasteiger partial charge < -0.3 is 9.26 Å². The Morgan fingerprint density at radius 1 is 1.44 bits per heavy atom. The smallest absolute Gasteiger partial charge is 0.233 e. The molecule has 1 fully saturated rings. The third-order valence-corrected chi connectivity index (χ3v) is 3.31. The normalized spacial score (nSPS) is 21.1. The Bertz CT molecular complexity index is 506. The molecule has 3 heterocycles. The lowest BCUT2D eigenvalue weighted by Crippen LogP contribution is -2.01. The van der Waals surface area contributed by atoms with E-state index in [1.54, 1.807) is 6.20 Å². The summed E-state index contributed by atoms with van der Waals surface area (Å²) in [5.74, 6) is 1.76. The maximum absolute atomic E-state index is 5.35. The van der Waals surface area contributed by atoms with Crippen molar-refractivity contribution < 1.29 is 9.26 Å². The lowest BCUT2D eigenvalue weighted by molar-refractivity contribution is 0.192. The average molecular weight is 245 g/mol. The third kappa shape index (κ3) is 2.13. The minimum Gasteiger partial charge on any atom is -0.381 e. The first-order chi connectivity index (χ1) is 8.84. The van der Waals surface area contributed by atoms with Crippen LogP contribution in [0.25, 0.3) is 0 Å². The van der Waals surface area contributed by atoms with E-state index in [2.05, 4.69) is 15.1 Å². The van der Waals surface area contributed by atoms with E-state index in [-0.39, 0.29) is 11.8 Å². The van der Waals surface area contributed by atoms with Crippen LogP contribution < -0.4 is 0 Å². The van der Waals surface area contributed by atoms with Gasteiger partial charge in [0.15, 0.2) is 5.82 Å². The Labute approximate surface area is 105 Å². The summed E-state index contributed by atoms with van der Waals surface area (Å²) in [5.41, 5.74) is 1.08. The molecule has 2 aromatic rings. The quantitative estimate of drug-likeness (QED) is 0.828. The highest BCUT2D eigenvalue weighted by Gasteiger charge is 2.24. The molecule has 1 aliphatic heterocycles. The van der Waals surface area contributed by atoms with Gasteiger partial charge in [0.05, 0.1) is 12.5 Å². The van der Waals surface area contributed by atoms with Crippen molar-refractivity contribution in [2.75, 3.05) is 13.2 Å². The molecule has 2 aromatic heterocycles. The summed E-state index contributed by atoms with van der Waals surface area (Å²) in [7, 11) is 0. The van der Waals surface area contributed by atoms with Crippen molar-refractivity contribution in [1.82, 2.24) is 15.1 Å². The minimum absolute atomic E-state index is 0.0715. The first-order valence-corrected chi connectivity index (χ1v) is 6.16. The second kappa shape index (κ2) is 4.86. The minimum atomic E-state index is 0.0715. The Hall–Kier alpha value is -1.75. The first kappa shape index (κ1) is 11.3. The van der Waals surface area contributed by atoms with Crippen LogP contribution in [0.4, 0.5) is 0 Å². The molecule has 1 saturated heterocycles. The summed E-state index contributed by atoms with van der Waals surface area (Å²) in [5, 5.41) is 4.06. The third-order valence-electron chi connectivity index (χ3n) is 3.31. The van der Waals surface area contributed by atoms with Crippen LogP contribution in [0.2, 0.25) is 0 Å². The molecule has 94 valence electrons. The Morgan fingerprint density at radius 3 is 3.11 bits per heavy atom. The van der Waals surface area contributed by atoms with E-state index < -0.39 is 0 Å². The van der Waals surface area contributed by atoms with E-state index in [0.717, 1.165) is 24.4 Å². The first-order valence-electron chi connectivity index (χ1n) is 6.16. The summed E-state index contributed by atoms with van der Waals surface area (Å²) < 4.78 is 10.7. The van der Waals surface area contributed by atoms with Crippen LogP contribution in [0.15, 0.2) is 29.0 Å². The van der Waals surface area contributed by atoms with E-state index >= 15 is 0 Å². The van der Waals surface area contributed by atoms with E-state index in [0.29, 0.717) is 12.5 Å². The number of pyridine rings is 1. The van der Waals surface area contributed by atoms with Crippen LogP contribution in [-0.2, 0) is 4.74 Å². The van der Waals surface area contributed by atoms with Gasteiger partial charge in [-0.1, -0.05) is 11.2 Å². The number of hydrogen-bond donors (Lipinski definition) is 0. The molecule has 18 heavy (non-hydrogen) atoms. The van der Waals surface area contributed by atoms with Crippen LogP contribution in [0.1, 0.15) is 42.5 Å². The van der Waals surface area contributed by atoms with E-state index in [1.165, 1.54) is 0 Å². The summed E-state index contributed by atoms with van der Waals surface area (Å²) in [4.78, 5) is 8.59. The molecule has 0 aromatic carbocycles. The highest BCUT2D eigenvalue weighted by molar-refractivity contribution is 5.20. The molecule has 3 rings (SSSR count). The van der Waals surface area contributed by atoms with E-state index in [9.17, 15) is 0 Å². The number of aromatic nitrogens is 3. The summed E-state index contributed by atoms with van der Waals surface area (Å²) in [6.07, 6.45) is 4.55. The van der Waals surface area contributed by atoms with Crippen molar-refractivity contribution in [2.45, 2.75) is 25.2 Å². The van der Waals surface area contributed by atoms with Gasteiger partial charge in [-0.05, 0) is 25.0 Å². The Balaban J connectivity index is 1.80. The summed E-state index contributed by atoms with van der Waals surface area (Å²) in [6.45, 7) is 3.52. The Kier molecular flexibility index (Phi) is 3.06. The van der Waals surface area contributed by atoms with Gasteiger partial charge in [0.1, 0.15) is 0 Å². The monoisotopic (exact) mass is 245 g/mol. The van der Waals surface area contributed by atoms with Gasteiger partial charge in [0.25, 0.3) is 0 Å². The highest BCUT2D eigenvalue weighted by Crippen LogP contribution is 2.26. The molecule has 0 spiro atoms. The fourth-order valence-electron chi connectivity index (χ4n) is 2.10. The molecule has 0 saturated carbocycles. The zero-order chi connectivity index (χ0) is 12.4. The second-order valence-electron chi connectivity index (χ2n) is 4.56. The number of nitrogens with zero attached hydrogens (tertiary/aromatic N) is 3. The van der Waals surface area contributed by atoms with Crippen molar-refractivity contribution >= 4 is 0 Å². The molecule has 5 heteroatoms. The van der Waals surface area contributed by atoms with E-state index in [1.807, 2.05) is 25.3 Å². The molecule has 2 atom stereocenters. The van der Waals surface area contributed by atoms with Crippen LogP contribution >= 0.6 is 0 Å². The van der Waals surface area contributed by atoms with Gasteiger partial charge in [0, 0.05) is 24.9 Å². The van der Waals surface area contributed by atoms with Crippen molar-refractivity contribution in [3.8, 4) is 0 Å². The van der Waals surface area contributed by atoms with Crippen molar-refractivity contribution in [2.24, 2.45) is 0 Å². The molecule has 0 bridgehead atoms. The maximum Gasteiger partial charge on any atom is 0.233 e. The molecular formula is C13H15N3O2. The van der Waals surface area contributed by atoms with Gasteiger partial charge >= 0.3 is 0 Å². The summed E-state index contributed by atoms with van der Waals surface area (Å²) >= 11 is 0. The molecule has 5 nitrogen and oxygen atoms in total. The molecule has 0 unspecified atom stereocenters. The van der Waals surface area contributed by atoms with Gasteiger partial charge in [-0.3, -0.25) is 4.98 Å². The predicted octanol–water partition coefficient (Wildman–Crippen LogP) is 2.12. The summed E-state index contributed by atoms with van der Waals surface area (Å²) in [6, 6.07) is 3.92. The standard InChI is InChI=1S/C13H15N3O2/c1-9(10-3-2-5-14-7-10)13-15-12(16-18-13)11-4-6-17-8-11/h2-3,5,7,9,11H,4,6,8H2,1H3/t9-,11+/m0/s1. The maximum atomic E-state index is 5.35. The highest BCUT2D eigenvalue weighted by atomic mass is 16.5. The number of rotatable bonds is 3. The van der Waals surface area contributed by atoms with Crippen LogP contribution in [0.5, 0.6) is 0 Å². The van der Waals surface area contributed by atoms with Gasteiger partial charge in [0.2, 0.25) is 5.89 Å². The molecule has 0 radical (unpaired) electrons. The lowest BCUT2D eigenvalue weighted by atomic mass is 10.0. The molecule has 0 N–H and O–H groups in total. The second-order valence-corrected chi connectivity index (χ2v) is 4.56. The van der Waals surface area contributed by atoms with Crippen LogP contribution in [0.3, 0.4) is 0 Å². The SMILES string of the molecule is C[C@@H](c1cccnc1)c1nc([C@@H]2CCOC2)no1. The van der Waals surface area contributed by atoms with Crippen molar-refractivity contribution in [1.29, 1.82) is 0 Å². The molecular weight excluding hydrogens is 230 g/mol. The largest absolute Gasteiger partial charge is 0.381 e. The van der Waals surface area contributed by atoms with Crippen LogP contribution in [-0.4, -0.2) is 28.3 Å². The van der Waals surface area contributed by atoms with Gasteiger partial charge in [-0.25, -0.2) is 0 Å². The van der Waals surface area contributed by atoms with Crippen molar-refractivity contribution in [3.63, 3.8) is 0 Å². The molecule has 1 aliphatic rings. The van der Waals surface area contributed by atoms with Gasteiger partial charge in [-0.15, -0.1) is 0 Å². The average Bonchev–Trinajstić information content (AvgIpc) is 3.09. The zero-order valence-electron chi connectivity index (χ0n) is 10.2. The lowest BCUT2D eigenvalue weighted by Gasteiger charge is -2.05. The van der Waals surface area contributed by atoms with Gasteiger partial charge in [-0.2, -0.15) is 4.98 Å². The molecule has 0 amide bonds. The zero-order valence-corrected chi connectivity index (χ0v) is 10.2. The predicted molar refractivity (Wildman–Crippen MR) is 64.2 cm³/mol. The fourth-order valence-corrected chi connectivity index (χ4v) is 2.10. The Morgan fingerprint density at radius 2 is 2.39 bits per heavy atom. The van der Waals surface area contributed by atoms with Crippen LogP contribution in [0, 0.1) is 0 Å². The topological polar surface area (TPSA) is 61.0 Å². The van der Waals surface area contributed by atoms with E-state index in [4.69, 9.17) is 9.26 Å².